The zero-order valence-electron chi connectivity index (χ0n) is 14.7. The quantitative estimate of drug-likeness (QED) is 0.712. The third kappa shape index (κ3) is 4.15. The number of benzene rings is 1. The van der Waals surface area contributed by atoms with Crippen molar-refractivity contribution in [3.05, 3.63) is 64.5 Å². The molecule has 0 saturated carbocycles. The smallest absolute Gasteiger partial charge is 0.251 e. The molecule has 1 atom stereocenters. The first-order valence-electron chi connectivity index (χ1n) is 8.86. The summed E-state index contributed by atoms with van der Waals surface area (Å²) in [5, 5.41) is 14.6. The highest BCUT2D eigenvalue weighted by Crippen LogP contribution is 2.22. The number of hydrogen-bond acceptors (Lipinski definition) is 6. The molecule has 3 aromatic rings. The molecule has 1 fully saturated rings. The summed E-state index contributed by atoms with van der Waals surface area (Å²) in [4.78, 5) is 24.4. The van der Waals surface area contributed by atoms with Crippen LogP contribution in [0.25, 0.3) is 11.4 Å². The fourth-order valence-corrected chi connectivity index (χ4v) is 3.71. The molecule has 27 heavy (non-hydrogen) atoms. The molecule has 138 valence electrons. The number of β-amino-alcohol motifs (C(OH)–C–C–N with tert-alkyl or cyclic N) is 1. The van der Waals surface area contributed by atoms with Crippen molar-refractivity contribution >= 4 is 23.1 Å². The molecule has 1 saturated heterocycles. The van der Waals surface area contributed by atoms with Crippen molar-refractivity contribution in [3.8, 4) is 11.4 Å². The Bertz CT molecular complexity index is 912. The normalized spacial score (nSPS) is 16.5. The van der Waals surface area contributed by atoms with Crippen LogP contribution in [0.2, 0.25) is 0 Å². The Kier molecular flexibility index (Phi) is 5.13. The Morgan fingerprint density at radius 3 is 2.81 bits per heavy atom. The van der Waals surface area contributed by atoms with E-state index in [2.05, 4.69) is 20.2 Å². The van der Waals surface area contributed by atoms with Gasteiger partial charge in [-0.15, -0.1) is 11.3 Å². The average molecular weight is 380 g/mol. The summed E-state index contributed by atoms with van der Waals surface area (Å²) in [6, 6.07) is 13.1. The third-order valence-electron chi connectivity index (χ3n) is 4.54. The van der Waals surface area contributed by atoms with Crippen LogP contribution in [-0.2, 0) is 6.54 Å². The molecule has 7 heteroatoms. The molecule has 1 aromatic carbocycles. The second-order valence-corrected chi connectivity index (χ2v) is 7.50. The molecule has 0 unspecified atom stereocenters. The average Bonchev–Trinajstić information content (AvgIpc) is 3.38. The van der Waals surface area contributed by atoms with Crippen molar-refractivity contribution in [2.75, 3.05) is 18.0 Å². The van der Waals surface area contributed by atoms with Crippen LogP contribution in [0.15, 0.2) is 54.0 Å². The minimum Gasteiger partial charge on any atom is -0.391 e. The molecule has 1 aliphatic rings. The molecule has 3 heterocycles. The van der Waals surface area contributed by atoms with E-state index in [4.69, 9.17) is 0 Å². The standard InChI is InChI=1S/C20H20N4O2S/c25-16-8-10-24(13-16)18-7-9-21-19(23-18)14-3-5-15(6-4-14)20(26)22-12-17-2-1-11-27-17/h1-7,9,11,16,25H,8,10,12-13H2,(H,22,26)/t16-/m1/s1. The molecule has 2 aromatic heterocycles. The highest BCUT2D eigenvalue weighted by atomic mass is 32.1. The molecule has 0 spiro atoms. The van der Waals surface area contributed by atoms with Gasteiger partial charge in [-0.2, -0.15) is 0 Å². The van der Waals surface area contributed by atoms with Crippen molar-refractivity contribution in [1.82, 2.24) is 15.3 Å². The van der Waals surface area contributed by atoms with E-state index in [0.717, 1.165) is 29.2 Å². The van der Waals surface area contributed by atoms with Crippen LogP contribution in [0.1, 0.15) is 21.7 Å². The number of carbonyl (C=O) groups excluding carboxylic acids is 1. The molecular formula is C20H20N4O2S. The second-order valence-electron chi connectivity index (χ2n) is 6.47. The molecule has 1 amide bonds. The van der Waals surface area contributed by atoms with Gasteiger partial charge in [0, 0.05) is 35.3 Å². The van der Waals surface area contributed by atoms with Gasteiger partial charge < -0.3 is 15.3 Å². The van der Waals surface area contributed by atoms with Gasteiger partial charge in [0.15, 0.2) is 5.82 Å². The maximum Gasteiger partial charge on any atom is 0.251 e. The first-order valence-corrected chi connectivity index (χ1v) is 9.74. The zero-order chi connectivity index (χ0) is 18.6. The maximum atomic E-state index is 12.3. The third-order valence-corrected chi connectivity index (χ3v) is 5.41. The van der Waals surface area contributed by atoms with Gasteiger partial charge in [-0.05, 0) is 36.1 Å². The largest absolute Gasteiger partial charge is 0.391 e. The van der Waals surface area contributed by atoms with Gasteiger partial charge in [0.2, 0.25) is 0 Å². The van der Waals surface area contributed by atoms with Crippen molar-refractivity contribution in [1.29, 1.82) is 0 Å². The Hall–Kier alpha value is -2.77. The van der Waals surface area contributed by atoms with E-state index in [9.17, 15) is 9.90 Å². The number of rotatable bonds is 5. The van der Waals surface area contributed by atoms with E-state index < -0.39 is 0 Å². The Morgan fingerprint density at radius 1 is 1.26 bits per heavy atom. The summed E-state index contributed by atoms with van der Waals surface area (Å²) in [5.41, 5.74) is 1.46. The summed E-state index contributed by atoms with van der Waals surface area (Å²) in [5.74, 6) is 1.32. The summed E-state index contributed by atoms with van der Waals surface area (Å²) >= 11 is 1.62. The number of thiophene rings is 1. The van der Waals surface area contributed by atoms with Crippen molar-refractivity contribution in [2.45, 2.75) is 19.1 Å². The van der Waals surface area contributed by atoms with Crippen LogP contribution in [-0.4, -0.2) is 40.2 Å². The van der Waals surface area contributed by atoms with Crippen LogP contribution in [0.5, 0.6) is 0 Å². The van der Waals surface area contributed by atoms with Gasteiger partial charge in [-0.3, -0.25) is 4.79 Å². The van der Waals surface area contributed by atoms with Gasteiger partial charge in [0.05, 0.1) is 12.6 Å². The van der Waals surface area contributed by atoms with Crippen LogP contribution >= 0.6 is 11.3 Å². The van der Waals surface area contributed by atoms with Crippen molar-refractivity contribution in [2.24, 2.45) is 0 Å². The first-order chi connectivity index (χ1) is 13.2. The number of aromatic nitrogens is 2. The monoisotopic (exact) mass is 380 g/mol. The molecule has 0 bridgehead atoms. The number of carbonyl (C=O) groups is 1. The van der Waals surface area contributed by atoms with E-state index in [0.29, 0.717) is 24.5 Å². The minimum atomic E-state index is -0.296. The van der Waals surface area contributed by atoms with Gasteiger partial charge >= 0.3 is 0 Å². The first kappa shape index (κ1) is 17.6. The van der Waals surface area contributed by atoms with Gasteiger partial charge in [0.25, 0.3) is 5.91 Å². The number of aliphatic hydroxyl groups is 1. The number of aliphatic hydroxyl groups excluding tert-OH is 1. The van der Waals surface area contributed by atoms with Crippen LogP contribution < -0.4 is 10.2 Å². The number of nitrogens with zero attached hydrogens (tertiary/aromatic N) is 3. The molecule has 0 aliphatic carbocycles. The fourth-order valence-electron chi connectivity index (χ4n) is 3.07. The lowest BCUT2D eigenvalue weighted by atomic mass is 10.1. The van der Waals surface area contributed by atoms with Crippen LogP contribution in [0.4, 0.5) is 5.82 Å². The highest BCUT2D eigenvalue weighted by Gasteiger charge is 2.21. The van der Waals surface area contributed by atoms with Gasteiger partial charge in [0.1, 0.15) is 5.82 Å². The van der Waals surface area contributed by atoms with E-state index in [1.807, 2.05) is 35.7 Å². The molecular weight excluding hydrogens is 360 g/mol. The van der Waals surface area contributed by atoms with Gasteiger partial charge in [-0.1, -0.05) is 18.2 Å². The topological polar surface area (TPSA) is 78.4 Å². The van der Waals surface area contributed by atoms with Gasteiger partial charge in [-0.25, -0.2) is 9.97 Å². The lowest BCUT2D eigenvalue weighted by Gasteiger charge is -2.16. The predicted molar refractivity (Wildman–Crippen MR) is 106 cm³/mol. The van der Waals surface area contributed by atoms with Crippen LogP contribution in [0.3, 0.4) is 0 Å². The highest BCUT2D eigenvalue weighted by molar-refractivity contribution is 7.09. The fraction of sp³-hybridized carbons (Fsp3) is 0.250. The number of hydrogen-bond donors (Lipinski definition) is 2. The lowest BCUT2D eigenvalue weighted by molar-refractivity contribution is 0.0951. The maximum absolute atomic E-state index is 12.3. The van der Waals surface area contributed by atoms with Crippen molar-refractivity contribution in [3.63, 3.8) is 0 Å². The Morgan fingerprint density at radius 2 is 2.11 bits per heavy atom. The second kappa shape index (κ2) is 7.85. The van der Waals surface area contributed by atoms with E-state index in [-0.39, 0.29) is 12.0 Å². The summed E-state index contributed by atoms with van der Waals surface area (Å²) in [7, 11) is 0. The number of nitrogens with one attached hydrogen (secondary N) is 1. The number of amides is 1. The Balaban J connectivity index is 1.45. The van der Waals surface area contributed by atoms with E-state index >= 15 is 0 Å². The van der Waals surface area contributed by atoms with Crippen molar-refractivity contribution < 1.29 is 9.90 Å². The lowest BCUT2D eigenvalue weighted by Crippen LogP contribution is -2.22. The number of anilines is 1. The summed E-state index contributed by atoms with van der Waals surface area (Å²) < 4.78 is 0. The molecule has 4 rings (SSSR count). The molecule has 2 N–H and O–H groups in total. The zero-order valence-corrected chi connectivity index (χ0v) is 15.5. The minimum absolute atomic E-state index is 0.101. The Labute approximate surface area is 161 Å². The molecule has 6 nitrogen and oxygen atoms in total. The predicted octanol–water partition coefficient (Wildman–Crippen LogP) is 2.71. The SMILES string of the molecule is O=C(NCc1cccs1)c1ccc(-c2nccc(N3CC[C@@H](O)C3)n2)cc1. The molecule has 0 radical (unpaired) electrons. The molecule has 1 aliphatic heterocycles. The summed E-state index contributed by atoms with van der Waals surface area (Å²) in [6.07, 6.45) is 2.19. The summed E-state index contributed by atoms with van der Waals surface area (Å²) in [6.45, 7) is 1.92. The van der Waals surface area contributed by atoms with Crippen LogP contribution in [0, 0.1) is 0 Å². The van der Waals surface area contributed by atoms with E-state index in [1.54, 1.807) is 29.7 Å². The van der Waals surface area contributed by atoms with E-state index in [1.165, 1.54) is 0 Å².